The Bertz CT molecular complexity index is 489. The summed E-state index contributed by atoms with van der Waals surface area (Å²) in [7, 11) is 0. The number of amides is 4. The molecule has 1 aromatic rings. The second-order valence-corrected chi connectivity index (χ2v) is 4.90. The third-order valence-electron chi connectivity index (χ3n) is 2.60. The average Bonchev–Trinajstić information content (AvgIpc) is 2.93. The van der Waals surface area contributed by atoms with Gasteiger partial charge in [-0.2, -0.15) is 0 Å². The highest BCUT2D eigenvalue weighted by molar-refractivity contribution is 7.13. The Morgan fingerprint density at radius 1 is 1.58 bits per heavy atom. The number of hydrogen-bond donors (Lipinski definition) is 3. The molecule has 1 saturated heterocycles. The van der Waals surface area contributed by atoms with Crippen LogP contribution in [0.25, 0.3) is 0 Å². The molecular weight excluding hydrogens is 270 g/mol. The molecule has 19 heavy (non-hydrogen) atoms. The van der Waals surface area contributed by atoms with Crippen LogP contribution in [0.3, 0.4) is 0 Å². The van der Waals surface area contributed by atoms with Crippen LogP contribution < -0.4 is 16.4 Å². The van der Waals surface area contributed by atoms with Gasteiger partial charge in [-0.25, -0.2) is 9.78 Å². The Hall–Kier alpha value is -2.16. The SMILES string of the molecule is NC(=O)CN1CCC(NC(=O)Nc2nccs2)C1=O. The number of likely N-dealkylation sites (tertiary alicyclic amines) is 1. The van der Waals surface area contributed by atoms with E-state index in [1.807, 2.05) is 0 Å². The molecule has 0 spiro atoms. The van der Waals surface area contributed by atoms with Crippen LogP contribution in [-0.2, 0) is 9.59 Å². The number of nitrogens with one attached hydrogen (secondary N) is 2. The molecule has 1 aliphatic heterocycles. The third kappa shape index (κ3) is 3.41. The summed E-state index contributed by atoms with van der Waals surface area (Å²) >= 11 is 1.28. The molecule has 8 nitrogen and oxygen atoms in total. The van der Waals surface area contributed by atoms with Gasteiger partial charge in [-0.05, 0) is 6.42 Å². The normalized spacial score (nSPS) is 18.4. The van der Waals surface area contributed by atoms with Crippen LogP contribution in [0.5, 0.6) is 0 Å². The van der Waals surface area contributed by atoms with Gasteiger partial charge in [0, 0.05) is 18.1 Å². The molecule has 1 unspecified atom stereocenters. The molecule has 4 amide bonds. The maximum Gasteiger partial charge on any atom is 0.321 e. The maximum absolute atomic E-state index is 11.8. The first kappa shape index (κ1) is 13.3. The van der Waals surface area contributed by atoms with Crippen LogP contribution in [0, 0.1) is 0 Å². The largest absolute Gasteiger partial charge is 0.368 e. The maximum atomic E-state index is 11.8. The first-order chi connectivity index (χ1) is 9.06. The minimum Gasteiger partial charge on any atom is -0.368 e. The van der Waals surface area contributed by atoms with E-state index in [2.05, 4.69) is 15.6 Å². The minimum atomic E-state index is -0.626. The average molecular weight is 283 g/mol. The summed E-state index contributed by atoms with van der Waals surface area (Å²) in [5.41, 5.74) is 5.03. The van der Waals surface area contributed by atoms with Gasteiger partial charge >= 0.3 is 6.03 Å². The number of anilines is 1. The first-order valence-electron chi connectivity index (χ1n) is 5.60. The van der Waals surface area contributed by atoms with Gasteiger partial charge in [0.1, 0.15) is 6.04 Å². The second-order valence-electron chi connectivity index (χ2n) is 4.00. The highest BCUT2D eigenvalue weighted by Gasteiger charge is 2.33. The van der Waals surface area contributed by atoms with Crippen LogP contribution in [0.1, 0.15) is 6.42 Å². The van der Waals surface area contributed by atoms with Crippen molar-refractivity contribution in [2.24, 2.45) is 5.73 Å². The molecule has 1 atom stereocenters. The zero-order chi connectivity index (χ0) is 13.8. The predicted molar refractivity (Wildman–Crippen MR) is 68.4 cm³/mol. The molecule has 102 valence electrons. The summed E-state index contributed by atoms with van der Waals surface area (Å²) in [5.74, 6) is -0.866. The van der Waals surface area contributed by atoms with Crippen LogP contribution >= 0.6 is 11.3 Å². The van der Waals surface area contributed by atoms with E-state index in [9.17, 15) is 14.4 Å². The fourth-order valence-electron chi connectivity index (χ4n) is 1.79. The Morgan fingerprint density at radius 2 is 2.37 bits per heavy atom. The van der Waals surface area contributed by atoms with Crippen LogP contribution in [0.15, 0.2) is 11.6 Å². The van der Waals surface area contributed by atoms with Gasteiger partial charge in [-0.1, -0.05) is 0 Å². The summed E-state index contributed by atoms with van der Waals surface area (Å²) in [6, 6.07) is -1.12. The highest BCUT2D eigenvalue weighted by atomic mass is 32.1. The monoisotopic (exact) mass is 283 g/mol. The lowest BCUT2D eigenvalue weighted by Gasteiger charge is -2.15. The van der Waals surface area contributed by atoms with Gasteiger partial charge in [0.05, 0.1) is 6.54 Å². The van der Waals surface area contributed by atoms with Crippen molar-refractivity contribution >= 4 is 34.3 Å². The zero-order valence-electron chi connectivity index (χ0n) is 9.96. The predicted octanol–water partition coefficient (Wildman–Crippen LogP) is -0.649. The van der Waals surface area contributed by atoms with Crippen molar-refractivity contribution in [1.29, 1.82) is 0 Å². The van der Waals surface area contributed by atoms with Gasteiger partial charge in [0.2, 0.25) is 11.8 Å². The van der Waals surface area contributed by atoms with Crippen molar-refractivity contribution in [1.82, 2.24) is 15.2 Å². The molecule has 2 rings (SSSR count). The molecule has 0 bridgehead atoms. The van der Waals surface area contributed by atoms with Gasteiger partial charge in [-0.15, -0.1) is 11.3 Å². The van der Waals surface area contributed by atoms with Crippen molar-refractivity contribution in [3.05, 3.63) is 11.6 Å². The van der Waals surface area contributed by atoms with E-state index in [0.29, 0.717) is 18.1 Å². The molecule has 1 aliphatic rings. The van der Waals surface area contributed by atoms with Gasteiger partial charge < -0.3 is 16.0 Å². The van der Waals surface area contributed by atoms with E-state index in [0.717, 1.165) is 0 Å². The highest BCUT2D eigenvalue weighted by Crippen LogP contribution is 2.12. The number of nitrogens with two attached hydrogens (primary N) is 1. The minimum absolute atomic E-state index is 0.120. The molecule has 0 aromatic carbocycles. The van der Waals surface area contributed by atoms with Crippen molar-refractivity contribution in [3.8, 4) is 0 Å². The molecule has 4 N–H and O–H groups in total. The summed E-state index contributed by atoms with van der Waals surface area (Å²) in [4.78, 5) is 39.5. The van der Waals surface area contributed by atoms with E-state index in [1.54, 1.807) is 11.6 Å². The lowest BCUT2D eigenvalue weighted by molar-refractivity contribution is -0.133. The van der Waals surface area contributed by atoms with E-state index in [1.165, 1.54) is 16.2 Å². The molecule has 0 radical (unpaired) electrons. The molecule has 1 aromatic heterocycles. The number of hydrogen-bond acceptors (Lipinski definition) is 5. The molecule has 0 aliphatic carbocycles. The number of carbonyl (C=O) groups excluding carboxylic acids is 3. The molecule has 2 heterocycles. The fraction of sp³-hybridized carbons (Fsp3) is 0.400. The van der Waals surface area contributed by atoms with Crippen LogP contribution in [-0.4, -0.2) is 46.9 Å². The topological polar surface area (TPSA) is 117 Å². The number of nitrogens with zero attached hydrogens (tertiary/aromatic N) is 2. The Morgan fingerprint density at radius 3 is 3.00 bits per heavy atom. The molecule has 0 saturated carbocycles. The van der Waals surface area contributed by atoms with Crippen molar-refractivity contribution in [2.45, 2.75) is 12.5 Å². The number of primary amides is 1. The number of rotatable bonds is 4. The van der Waals surface area contributed by atoms with Crippen molar-refractivity contribution in [2.75, 3.05) is 18.4 Å². The summed E-state index contributed by atoms with van der Waals surface area (Å²) in [6.45, 7) is 0.287. The Balaban J connectivity index is 1.85. The van der Waals surface area contributed by atoms with Crippen LogP contribution in [0.2, 0.25) is 0 Å². The molecule has 9 heteroatoms. The van der Waals surface area contributed by atoms with Crippen molar-refractivity contribution in [3.63, 3.8) is 0 Å². The van der Waals surface area contributed by atoms with E-state index in [-0.39, 0.29) is 12.5 Å². The lowest BCUT2D eigenvalue weighted by Crippen LogP contribution is -2.44. The summed E-state index contributed by atoms with van der Waals surface area (Å²) in [5, 5.41) is 7.25. The molecular formula is C10H13N5O3S. The van der Waals surface area contributed by atoms with E-state index in [4.69, 9.17) is 5.73 Å². The third-order valence-corrected chi connectivity index (χ3v) is 3.29. The zero-order valence-corrected chi connectivity index (χ0v) is 10.8. The van der Waals surface area contributed by atoms with Gasteiger partial charge in [0.15, 0.2) is 5.13 Å². The second kappa shape index (κ2) is 5.65. The van der Waals surface area contributed by atoms with Gasteiger partial charge in [-0.3, -0.25) is 14.9 Å². The smallest absolute Gasteiger partial charge is 0.321 e. The van der Waals surface area contributed by atoms with Crippen LogP contribution in [0.4, 0.5) is 9.93 Å². The summed E-state index contributed by atoms with van der Waals surface area (Å²) < 4.78 is 0. The number of aromatic nitrogens is 1. The number of thiazole rings is 1. The molecule has 1 fully saturated rings. The van der Waals surface area contributed by atoms with Gasteiger partial charge in [0.25, 0.3) is 0 Å². The quantitative estimate of drug-likeness (QED) is 0.680. The van der Waals surface area contributed by atoms with E-state index >= 15 is 0 Å². The van der Waals surface area contributed by atoms with E-state index < -0.39 is 18.0 Å². The summed E-state index contributed by atoms with van der Waals surface area (Å²) in [6.07, 6.45) is 2.02. The lowest BCUT2D eigenvalue weighted by atomic mass is 10.2. The number of urea groups is 1. The standard InChI is InChI=1S/C10H13N5O3S/c11-7(16)5-15-3-1-6(8(15)17)13-9(18)14-10-12-2-4-19-10/h2,4,6H,1,3,5H2,(H2,11,16)(H2,12,13,14,18). The van der Waals surface area contributed by atoms with Crippen molar-refractivity contribution < 1.29 is 14.4 Å². The Labute approximate surface area is 113 Å². The number of carbonyl (C=O) groups is 3. The fourth-order valence-corrected chi connectivity index (χ4v) is 2.32. The Kier molecular flexibility index (Phi) is 3.95. The first-order valence-corrected chi connectivity index (χ1v) is 6.48.